The number of nitrogens with zero attached hydrogens (tertiary/aromatic N) is 3. The van der Waals surface area contributed by atoms with Crippen molar-refractivity contribution in [2.75, 3.05) is 4.90 Å². The molecule has 0 saturated heterocycles. The third-order valence-electron chi connectivity index (χ3n) is 6.03. The van der Waals surface area contributed by atoms with Gasteiger partial charge < -0.3 is 4.90 Å². The van der Waals surface area contributed by atoms with E-state index in [9.17, 15) is 9.59 Å². The van der Waals surface area contributed by atoms with Crippen molar-refractivity contribution in [1.82, 2.24) is 9.55 Å². The lowest BCUT2D eigenvalue weighted by Crippen LogP contribution is -2.35. The molecular weight excluding hydrogens is 370 g/mol. The van der Waals surface area contributed by atoms with E-state index in [0.29, 0.717) is 15.1 Å². The van der Waals surface area contributed by atoms with Crippen molar-refractivity contribution >= 4 is 33.1 Å². The van der Waals surface area contributed by atoms with E-state index >= 15 is 0 Å². The highest BCUT2D eigenvalue weighted by atomic mass is 32.1. The molecule has 6 heteroatoms. The maximum absolute atomic E-state index is 13.5. The van der Waals surface area contributed by atoms with E-state index in [0.717, 1.165) is 55.7 Å². The van der Waals surface area contributed by atoms with Crippen molar-refractivity contribution in [3.63, 3.8) is 0 Å². The van der Waals surface area contributed by atoms with Crippen LogP contribution in [0.15, 0.2) is 29.1 Å². The lowest BCUT2D eigenvalue weighted by atomic mass is 10.1. The Kier molecular flexibility index (Phi) is 4.12. The van der Waals surface area contributed by atoms with Gasteiger partial charge in [-0.1, -0.05) is 24.6 Å². The Morgan fingerprint density at radius 3 is 2.89 bits per heavy atom. The van der Waals surface area contributed by atoms with Crippen LogP contribution in [0.2, 0.25) is 0 Å². The molecular formula is C22H23N3O2S. The normalized spacial score (nSPS) is 18.8. The van der Waals surface area contributed by atoms with Crippen LogP contribution in [-0.4, -0.2) is 21.5 Å². The fourth-order valence-electron chi connectivity index (χ4n) is 4.60. The standard InChI is InChI=1S/C22H23N3O2S/c1-13-12-15-8-5-6-9-16(15)25(13)22(27)19-14(2)18-20(28-19)23-17-10-4-3-7-11-24(17)21(18)26/h5-6,8-9,13H,3-4,7,10-12H2,1-2H3. The zero-order valence-corrected chi connectivity index (χ0v) is 17.0. The van der Waals surface area contributed by atoms with E-state index in [1.807, 2.05) is 34.6 Å². The lowest BCUT2D eigenvalue weighted by Gasteiger charge is -2.22. The molecule has 0 saturated carbocycles. The summed E-state index contributed by atoms with van der Waals surface area (Å²) in [5.74, 6) is 0.854. The Morgan fingerprint density at radius 2 is 2.04 bits per heavy atom. The topological polar surface area (TPSA) is 55.2 Å². The highest BCUT2D eigenvalue weighted by Gasteiger charge is 2.33. The summed E-state index contributed by atoms with van der Waals surface area (Å²) in [5, 5.41) is 0.624. The van der Waals surface area contributed by atoms with Gasteiger partial charge in [-0.2, -0.15) is 0 Å². The van der Waals surface area contributed by atoms with Gasteiger partial charge in [-0.25, -0.2) is 4.98 Å². The molecule has 4 heterocycles. The van der Waals surface area contributed by atoms with E-state index in [2.05, 4.69) is 13.0 Å². The van der Waals surface area contributed by atoms with E-state index in [4.69, 9.17) is 4.98 Å². The van der Waals surface area contributed by atoms with Crippen LogP contribution >= 0.6 is 11.3 Å². The Morgan fingerprint density at radius 1 is 1.21 bits per heavy atom. The molecule has 5 nitrogen and oxygen atoms in total. The number of thiophene rings is 1. The van der Waals surface area contributed by atoms with Crippen LogP contribution in [0.3, 0.4) is 0 Å². The van der Waals surface area contributed by atoms with Crippen LogP contribution in [0.1, 0.15) is 52.8 Å². The number of anilines is 1. The average molecular weight is 394 g/mol. The zero-order chi connectivity index (χ0) is 19.4. The number of aromatic nitrogens is 2. The van der Waals surface area contributed by atoms with Crippen molar-refractivity contribution in [2.24, 2.45) is 0 Å². The number of para-hydroxylation sites is 1. The smallest absolute Gasteiger partial charge is 0.268 e. The number of carbonyl (C=O) groups is 1. The van der Waals surface area contributed by atoms with Crippen molar-refractivity contribution in [2.45, 2.75) is 58.5 Å². The largest absolute Gasteiger partial charge is 0.304 e. The van der Waals surface area contributed by atoms with Gasteiger partial charge in [0.2, 0.25) is 0 Å². The summed E-state index contributed by atoms with van der Waals surface area (Å²) in [7, 11) is 0. The van der Waals surface area contributed by atoms with Gasteiger partial charge in [-0.05, 0) is 50.3 Å². The third kappa shape index (κ3) is 2.54. The highest BCUT2D eigenvalue weighted by Crippen LogP contribution is 2.36. The van der Waals surface area contributed by atoms with Crippen molar-refractivity contribution in [1.29, 1.82) is 0 Å². The SMILES string of the molecule is Cc1c(C(=O)N2c3ccccc3CC2C)sc2nc3n(c(=O)c12)CCCCC3. The first-order valence-electron chi connectivity index (χ1n) is 10.0. The summed E-state index contributed by atoms with van der Waals surface area (Å²) in [6, 6.07) is 8.19. The summed E-state index contributed by atoms with van der Waals surface area (Å²) in [6.07, 6.45) is 4.90. The molecule has 0 fully saturated rings. The Balaban J connectivity index is 1.64. The summed E-state index contributed by atoms with van der Waals surface area (Å²) < 4.78 is 1.83. The molecule has 1 unspecified atom stereocenters. The summed E-state index contributed by atoms with van der Waals surface area (Å²) in [5.41, 5.74) is 2.98. The zero-order valence-electron chi connectivity index (χ0n) is 16.2. The molecule has 144 valence electrons. The quantitative estimate of drug-likeness (QED) is 0.626. The molecule has 2 aliphatic heterocycles. The maximum Gasteiger partial charge on any atom is 0.268 e. The first-order chi connectivity index (χ1) is 13.6. The van der Waals surface area contributed by atoms with Crippen LogP contribution in [0.4, 0.5) is 5.69 Å². The second kappa shape index (κ2) is 6.55. The Hall–Kier alpha value is -2.47. The van der Waals surface area contributed by atoms with Crippen molar-refractivity contribution in [3.8, 4) is 0 Å². The van der Waals surface area contributed by atoms with Gasteiger partial charge in [-0.15, -0.1) is 11.3 Å². The molecule has 0 aliphatic carbocycles. The van der Waals surface area contributed by atoms with Crippen LogP contribution in [-0.2, 0) is 19.4 Å². The van der Waals surface area contributed by atoms with E-state index in [-0.39, 0.29) is 17.5 Å². The van der Waals surface area contributed by atoms with E-state index in [1.54, 1.807) is 0 Å². The average Bonchev–Trinajstić information content (AvgIpc) is 3.07. The van der Waals surface area contributed by atoms with Gasteiger partial charge in [0.15, 0.2) is 0 Å². The second-order valence-electron chi connectivity index (χ2n) is 7.89. The summed E-state index contributed by atoms with van der Waals surface area (Å²) in [6.45, 7) is 4.70. The van der Waals surface area contributed by atoms with Crippen LogP contribution in [0, 0.1) is 6.92 Å². The molecule has 28 heavy (non-hydrogen) atoms. The van der Waals surface area contributed by atoms with Gasteiger partial charge in [0.1, 0.15) is 10.7 Å². The molecule has 1 atom stereocenters. The number of amides is 1. The number of carbonyl (C=O) groups excluding carboxylic acids is 1. The minimum absolute atomic E-state index is 0.0162. The number of hydrogen-bond acceptors (Lipinski definition) is 4. The van der Waals surface area contributed by atoms with E-state index < -0.39 is 0 Å². The fourth-order valence-corrected chi connectivity index (χ4v) is 5.73. The van der Waals surface area contributed by atoms with Gasteiger partial charge in [-0.3, -0.25) is 14.2 Å². The number of fused-ring (bicyclic) bond motifs is 3. The van der Waals surface area contributed by atoms with Gasteiger partial charge in [0, 0.05) is 24.7 Å². The lowest BCUT2D eigenvalue weighted by molar-refractivity contribution is 0.0985. The molecule has 3 aromatic rings. The highest BCUT2D eigenvalue weighted by molar-refractivity contribution is 7.20. The van der Waals surface area contributed by atoms with E-state index in [1.165, 1.54) is 16.9 Å². The molecule has 0 spiro atoms. The maximum atomic E-state index is 13.5. The first-order valence-corrected chi connectivity index (χ1v) is 10.8. The number of hydrogen-bond donors (Lipinski definition) is 0. The third-order valence-corrected chi connectivity index (χ3v) is 7.21. The molecule has 5 rings (SSSR count). The Bertz CT molecular complexity index is 1160. The van der Waals surface area contributed by atoms with Crippen molar-refractivity contribution < 1.29 is 4.79 Å². The van der Waals surface area contributed by atoms with Crippen LogP contribution in [0.5, 0.6) is 0 Å². The van der Waals surface area contributed by atoms with Gasteiger partial charge >= 0.3 is 0 Å². The second-order valence-corrected chi connectivity index (χ2v) is 8.89. The van der Waals surface area contributed by atoms with Crippen LogP contribution < -0.4 is 10.5 Å². The number of aryl methyl sites for hydroxylation is 2. The van der Waals surface area contributed by atoms with Crippen LogP contribution in [0.25, 0.3) is 10.2 Å². The molecule has 0 N–H and O–H groups in total. The fraction of sp³-hybridized carbons (Fsp3) is 0.409. The number of rotatable bonds is 1. The molecule has 0 bridgehead atoms. The Labute approximate surface area is 167 Å². The molecule has 2 aliphatic rings. The predicted octanol–water partition coefficient (Wildman–Crippen LogP) is 4.08. The van der Waals surface area contributed by atoms with Gasteiger partial charge in [0.25, 0.3) is 11.5 Å². The minimum Gasteiger partial charge on any atom is -0.304 e. The summed E-state index contributed by atoms with van der Waals surface area (Å²) >= 11 is 1.37. The predicted molar refractivity (Wildman–Crippen MR) is 113 cm³/mol. The molecule has 2 aromatic heterocycles. The first kappa shape index (κ1) is 17.6. The molecule has 0 radical (unpaired) electrons. The molecule has 1 aromatic carbocycles. The monoisotopic (exact) mass is 393 g/mol. The molecule has 1 amide bonds. The van der Waals surface area contributed by atoms with Crippen molar-refractivity contribution in [3.05, 3.63) is 56.4 Å². The number of benzene rings is 1. The van der Waals surface area contributed by atoms with Gasteiger partial charge in [0.05, 0.1) is 10.3 Å². The minimum atomic E-state index is -0.0162. The summed E-state index contributed by atoms with van der Waals surface area (Å²) in [4.78, 5) is 34.7.